The van der Waals surface area contributed by atoms with Crippen molar-refractivity contribution in [3.8, 4) is 12.1 Å². The van der Waals surface area contributed by atoms with Crippen molar-refractivity contribution in [2.24, 2.45) is 5.41 Å². The minimum absolute atomic E-state index is 0.110. The van der Waals surface area contributed by atoms with Crippen LogP contribution in [0.2, 0.25) is 0 Å². The van der Waals surface area contributed by atoms with Gasteiger partial charge in [-0.3, -0.25) is 4.98 Å². The highest BCUT2D eigenvalue weighted by Crippen LogP contribution is 2.55. The van der Waals surface area contributed by atoms with E-state index < -0.39 is 23.6 Å². The zero-order valence-corrected chi connectivity index (χ0v) is 23.4. The lowest BCUT2D eigenvalue weighted by atomic mass is 9.96. The predicted octanol–water partition coefficient (Wildman–Crippen LogP) is 6.73. The fraction of sp³-hybridized carbons (Fsp3) is 0.367. The first kappa shape index (κ1) is 28.8. The molecule has 42 heavy (non-hydrogen) atoms. The first-order valence-electron chi connectivity index (χ1n) is 13.3. The number of pyridine rings is 1. The van der Waals surface area contributed by atoms with Gasteiger partial charge >= 0.3 is 6.18 Å². The number of rotatable bonds is 7. The third-order valence-corrected chi connectivity index (χ3v) is 7.43. The Morgan fingerprint density at radius 1 is 1.12 bits per heavy atom. The molecule has 0 amide bonds. The molecule has 2 heterocycles. The lowest BCUT2D eigenvalue weighted by Crippen LogP contribution is -2.35. The van der Waals surface area contributed by atoms with E-state index in [2.05, 4.69) is 38.1 Å². The maximum atomic E-state index is 14.7. The Kier molecular flexibility index (Phi) is 7.05. The number of aromatic nitrogens is 4. The van der Waals surface area contributed by atoms with Crippen molar-refractivity contribution in [1.29, 1.82) is 10.5 Å². The summed E-state index contributed by atoms with van der Waals surface area (Å²) in [6.07, 6.45) is -2.08. The van der Waals surface area contributed by atoms with E-state index in [9.17, 15) is 28.1 Å². The van der Waals surface area contributed by atoms with E-state index in [1.54, 1.807) is 25.1 Å². The van der Waals surface area contributed by atoms with E-state index in [1.807, 2.05) is 20.8 Å². The van der Waals surface area contributed by atoms with Crippen LogP contribution in [0, 0.1) is 40.8 Å². The van der Waals surface area contributed by atoms with E-state index >= 15 is 0 Å². The zero-order valence-electron chi connectivity index (χ0n) is 23.4. The molecule has 2 aromatic heterocycles. The van der Waals surface area contributed by atoms with E-state index in [-0.39, 0.29) is 40.6 Å². The molecular weight excluding hydrogens is 548 g/mol. The first-order valence-corrected chi connectivity index (χ1v) is 13.3. The number of hydrogen-bond donors (Lipinski definition) is 2. The van der Waals surface area contributed by atoms with Gasteiger partial charge < -0.3 is 10.6 Å². The fourth-order valence-corrected chi connectivity index (χ4v) is 4.89. The van der Waals surface area contributed by atoms with Crippen LogP contribution in [0.1, 0.15) is 67.6 Å². The molecule has 5 rings (SSSR count). The van der Waals surface area contributed by atoms with Gasteiger partial charge in [0.15, 0.2) is 5.54 Å². The molecule has 2 N–H and O–H groups in total. The van der Waals surface area contributed by atoms with Gasteiger partial charge in [-0.15, -0.1) is 5.10 Å². The van der Waals surface area contributed by atoms with E-state index in [0.717, 1.165) is 4.68 Å². The van der Waals surface area contributed by atoms with Gasteiger partial charge in [-0.25, -0.2) is 9.07 Å². The maximum absolute atomic E-state index is 14.7. The second-order valence-corrected chi connectivity index (χ2v) is 11.8. The molecule has 2 aromatic carbocycles. The van der Waals surface area contributed by atoms with Gasteiger partial charge in [0.05, 0.1) is 46.3 Å². The van der Waals surface area contributed by atoms with Crippen LogP contribution in [0.15, 0.2) is 42.7 Å². The summed E-state index contributed by atoms with van der Waals surface area (Å²) in [5.74, 6) is -0.498. The zero-order chi connectivity index (χ0) is 30.4. The topological polar surface area (TPSA) is 115 Å². The van der Waals surface area contributed by atoms with Crippen molar-refractivity contribution in [2.75, 3.05) is 17.2 Å². The Morgan fingerprint density at radius 2 is 1.86 bits per heavy atom. The molecule has 8 nitrogen and oxygen atoms in total. The van der Waals surface area contributed by atoms with Crippen LogP contribution in [0.3, 0.4) is 0 Å². The molecule has 0 aliphatic heterocycles. The number of benzene rings is 2. The average molecular weight is 577 g/mol. The van der Waals surface area contributed by atoms with Crippen LogP contribution in [-0.4, -0.2) is 32.7 Å². The Labute approximate surface area is 240 Å². The number of halogens is 4. The SMILES string of the molecule is Cc1c(F)cccc1[C@H](Nc1cc(C#N)cc2c(NCC(C)(C)C)c(C#N)cnc12)c1cn(C2(C(F)(F)F)CC2)nn1. The number of nitrogens with zero attached hydrogens (tertiary/aromatic N) is 6. The summed E-state index contributed by atoms with van der Waals surface area (Å²) in [5.41, 5.74) is 0.398. The molecular formula is C30H28F4N8. The van der Waals surface area contributed by atoms with Gasteiger partial charge in [-0.05, 0) is 54.5 Å². The predicted molar refractivity (Wildman–Crippen MR) is 149 cm³/mol. The van der Waals surface area contributed by atoms with E-state index in [0.29, 0.717) is 34.4 Å². The Hall–Kier alpha value is -4.71. The van der Waals surface area contributed by atoms with Crippen LogP contribution in [-0.2, 0) is 5.54 Å². The van der Waals surface area contributed by atoms with E-state index in [4.69, 9.17) is 0 Å². The summed E-state index contributed by atoms with van der Waals surface area (Å²) >= 11 is 0. The minimum Gasteiger partial charge on any atom is -0.383 e. The molecule has 1 aliphatic carbocycles. The van der Waals surface area contributed by atoms with Crippen molar-refractivity contribution >= 4 is 22.3 Å². The summed E-state index contributed by atoms with van der Waals surface area (Å²) in [5, 5.41) is 34.7. The van der Waals surface area contributed by atoms with Crippen LogP contribution < -0.4 is 10.6 Å². The summed E-state index contributed by atoms with van der Waals surface area (Å²) < 4.78 is 57.1. The summed E-state index contributed by atoms with van der Waals surface area (Å²) in [4.78, 5) is 4.50. The highest BCUT2D eigenvalue weighted by atomic mass is 19.4. The van der Waals surface area contributed by atoms with Crippen molar-refractivity contribution in [3.63, 3.8) is 0 Å². The van der Waals surface area contributed by atoms with Crippen molar-refractivity contribution in [3.05, 3.63) is 76.5 Å². The molecule has 0 spiro atoms. The number of fused-ring (bicyclic) bond motifs is 1. The third kappa shape index (κ3) is 5.20. The second kappa shape index (κ2) is 10.3. The van der Waals surface area contributed by atoms with Crippen molar-refractivity contribution in [2.45, 2.75) is 58.3 Å². The molecule has 0 radical (unpaired) electrons. The largest absolute Gasteiger partial charge is 0.413 e. The summed E-state index contributed by atoms with van der Waals surface area (Å²) in [6.45, 7) is 8.19. The van der Waals surface area contributed by atoms with Gasteiger partial charge in [0, 0.05) is 18.1 Å². The molecule has 12 heteroatoms. The summed E-state index contributed by atoms with van der Waals surface area (Å²) in [7, 11) is 0. The van der Waals surface area contributed by atoms with Crippen molar-refractivity contribution < 1.29 is 17.6 Å². The number of nitrogens with one attached hydrogen (secondary N) is 2. The van der Waals surface area contributed by atoms with Gasteiger partial charge in [-0.1, -0.05) is 38.1 Å². The molecule has 1 aliphatic rings. The normalized spacial score (nSPS) is 15.1. The number of alkyl halides is 3. The number of hydrogen-bond acceptors (Lipinski definition) is 7. The Bertz CT molecular complexity index is 1750. The quantitative estimate of drug-likeness (QED) is 0.235. The molecule has 1 fully saturated rings. The molecule has 0 bridgehead atoms. The van der Waals surface area contributed by atoms with Crippen molar-refractivity contribution in [1.82, 2.24) is 20.0 Å². The van der Waals surface area contributed by atoms with Gasteiger partial charge in [0.25, 0.3) is 0 Å². The third-order valence-electron chi connectivity index (χ3n) is 7.43. The van der Waals surface area contributed by atoms with Gasteiger partial charge in [-0.2, -0.15) is 23.7 Å². The van der Waals surface area contributed by atoms with Crippen LogP contribution in [0.25, 0.3) is 10.9 Å². The highest BCUT2D eigenvalue weighted by Gasteiger charge is 2.66. The molecule has 1 saturated carbocycles. The Morgan fingerprint density at radius 3 is 2.48 bits per heavy atom. The van der Waals surface area contributed by atoms with E-state index in [1.165, 1.54) is 24.5 Å². The molecule has 0 unspecified atom stereocenters. The summed E-state index contributed by atoms with van der Waals surface area (Å²) in [6, 6.07) is 10.9. The fourth-order valence-electron chi connectivity index (χ4n) is 4.89. The lowest BCUT2D eigenvalue weighted by molar-refractivity contribution is -0.182. The highest BCUT2D eigenvalue weighted by molar-refractivity contribution is 6.01. The second-order valence-electron chi connectivity index (χ2n) is 11.8. The van der Waals surface area contributed by atoms with Crippen LogP contribution >= 0.6 is 0 Å². The Balaban J connectivity index is 1.67. The lowest BCUT2D eigenvalue weighted by Gasteiger charge is -2.23. The standard InChI is InChI=1S/C30H28F4N8/c1-17-20(6-5-7-22(17)31)27(24-15-42(41-40-24)29(8-9-29)30(32,33)34)39-23-11-18(12-35)10-21-25(38-16-28(2,3)4)19(13-36)14-37-26(21)23/h5-7,10-11,14-15,27,39H,8-9,16H2,1-4H3,(H,37,38)/t27-/m0/s1. The molecule has 1 atom stereocenters. The molecule has 216 valence electrons. The minimum atomic E-state index is -4.51. The smallest absolute Gasteiger partial charge is 0.383 e. The average Bonchev–Trinajstić information content (AvgIpc) is 3.62. The molecule has 4 aromatic rings. The first-order chi connectivity index (χ1) is 19.8. The number of nitriles is 2. The maximum Gasteiger partial charge on any atom is 0.413 e. The monoisotopic (exact) mass is 576 g/mol. The van der Waals surface area contributed by atoms with Gasteiger partial charge in [0.1, 0.15) is 17.6 Å². The molecule has 0 saturated heterocycles. The van der Waals surface area contributed by atoms with Crippen LogP contribution in [0.5, 0.6) is 0 Å². The number of anilines is 2. The van der Waals surface area contributed by atoms with Gasteiger partial charge in [0.2, 0.25) is 0 Å². The van der Waals surface area contributed by atoms with Crippen LogP contribution in [0.4, 0.5) is 28.9 Å².